The van der Waals surface area contributed by atoms with Crippen molar-refractivity contribution in [2.45, 2.75) is 62.8 Å². The summed E-state index contributed by atoms with van der Waals surface area (Å²) < 4.78 is 39.9. The van der Waals surface area contributed by atoms with Crippen LogP contribution >= 0.6 is 0 Å². The Morgan fingerprint density at radius 2 is 1.66 bits per heavy atom. The molecule has 0 radical (unpaired) electrons. The number of rotatable bonds is 10. The van der Waals surface area contributed by atoms with Crippen molar-refractivity contribution < 1.29 is 17.9 Å². The summed E-state index contributed by atoms with van der Waals surface area (Å²) in [6.45, 7) is 1.58. The average molecular weight is 536 g/mol. The second kappa shape index (κ2) is 12.3. The molecule has 1 aliphatic heterocycles. The van der Waals surface area contributed by atoms with Crippen LogP contribution in [0.1, 0.15) is 49.1 Å². The van der Waals surface area contributed by atoms with E-state index in [9.17, 15) is 8.42 Å². The molecule has 0 unspecified atom stereocenters. The Bertz CT molecular complexity index is 1260. The van der Waals surface area contributed by atoms with E-state index in [2.05, 4.69) is 44.9 Å². The summed E-state index contributed by atoms with van der Waals surface area (Å²) in [4.78, 5) is 6.57. The summed E-state index contributed by atoms with van der Waals surface area (Å²) in [5.41, 5.74) is 3.35. The number of aromatic nitrogens is 1. The minimum atomic E-state index is -3.36. The van der Waals surface area contributed by atoms with E-state index in [1.807, 2.05) is 36.4 Å². The first-order valence-electron chi connectivity index (χ1n) is 13.5. The Morgan fingerprint density at radius 1 is 0.947 bits per heavy atom. The van der Waals surface area contributed by atoms with Crippen LogP contribution in [0.15, 0.2) is 79.1 Å². The molecule has 2 aromatic carbocycles. The zero-order chi connectivity index (χ0) is 26.4. The van der Waals surface area contributed by atoms with E-state index >= 15 is 0 Å². The SMILES string of the molecule is CS(=O)(=O)N[C@H]1CCN(c2cnccc2OCc2ccccc2)[C@H]1CO[C@H]1CC[C@@H](c2ccccc2)CC1. The maximum absolute atomic E-state index is 12.2. The average Bonchev–Trinajstić information content (AvgIpc) is 3.32. The third-order valence-electron chi connectivity index (χ3n) is 7.67. The van der Waals surface area contributed by atoms with Crippen molar-refractivity contribution >= 4 is 15.7 Å². The zero-order valence-corrected chi connectivity index (χ0v) is 22.7. The molecule has 1 saturated heterocycles. The maximum Gasteiger partial charge on any atom is 0.209 e. The number of anilines is 1. The number of sulfonamides is 1. The van der Waals surface area contributed by atoms with Crippen LogP contribution < -0.4 is 14.4 Å². The topological polar surface area (TPSA) is 80.8 Å². The van der Waals surface area contributed by atoms with Gasteiger partial charge < -0.3 is 14.4 Å². The number of hydrogen-bond donors (Lipinski definition) is 1. The molecule has 1 aliphatic carbocycles. The van der Waals surface area contributed by atoms with E-state index in [0.717, 1.165) is 42.7 Å². The molecule has 0 amide bonds. The fourth-order valence-corrected chi connectivity index (χ4v) is 6.57. The third-order valence-corrected chi connectivity index (χ3v) is 8.40. The summed E-state index contributed by atoms with van der Waals surface area (Å²) in [7, 11) is -3.36. The van der Waals surface area contributed by atoms with Gasteiger partial charge in [0.2, 0.25) is 10.0 Å². The molecule has 0 spiro atoms. The second-order valence-electron chi connectivity index (χ2n) is 10.4. The normalized spacial score (nSPS) is 23.9. The first-order valence-corrected chi connectivity index (χ1v) is 15.4. The van der Waals surface area contributed by atoms with E-state index in [1.165, 1.54) is 11.8 Å². The van der Waals surface area contributed by atoms with Crippen LogP contribution in [0.3, 0.4) is 0 Å². The van der Waals surface area contributed by atoms with E-state index < -0.39 is 10.0 Å². The molecule has 1 saturated carbocycles. The lowest BCUT2D eigenvalue weighted by Gasteiger charge is -2.34. The number of nitrogens with one attached hydrogen (secondary N) is 1. The molecule has 2 heterocycles. The number of pyridine rings is 1. The van der Waals surface area contributed by atoms with Gasteiger partial charge in [-0.25, -0.2) is 13.1 Å². The van der Waals surface area contributed by atoms with Crippen molar-refractivity contribution in [1.82, 2.24) is 9.71 Å². The van der Waals surface area contributed by atoms with Gasteiger partial charge in [-0.2, -0.15) is 0 Å². The Hall–Kier alpha value is -2.94. The van der Waals surface area contributed by atoms with Crippen molar-refractivity contribution in [1.29, 1.82) is 0 Å². The van der Waals surface area contributed by atoms with Crippen LogP contribution in [-0.4, -0.2) is 51.0 Å². The lowest BCUT2D eigenvalue weighted by atomic mass is 9.83. The standard InChI is InChI=1S/C30H37N3O4S/c1-38(34,35)32-27-17-19-33(28-20-31-18-16-30(28)37-21-23-8-4-2-5-9-23)29(27)22-36-26-14-12-25(13-15-26)24-10-6-3-7-11-24/h2-11,16,18,20,25-27,29,32H,12-15,17,19,21-22H2,1H3/t25-,26+,27-,29-/m0/s1. The highest BCUT2D eigenvalue weighted by atomic mass is 32.2. The van der Waals surface area contributed by atoms with Crippen LogP contribution in [0, 0.1) is 0 Å². The van der Waals surface area contributed by atoms with Crippen molar-refractivity contribution in [2.75, 3.05) is 24.3 Å². The molecule has 38 heavy (non-hydrogen) atoms. The van der Waals surface area contributed by atoms with Gasteiger partial charge in [-0.15, -0.1) is 0 Å². The van der Waals surface area contributed by atoms with Gasteiger partial charge in [0.25, 0.3) is 0 Å². The second-order valence-corrected chi connectivity index (χ2v) is 12.2. The van der Waals surface area contributed by atoms with E-state index in [0.29, 0.717) is 32.1 Å². The highest BCUT2D eigenvalue weighted by Crippen LogP contribution is 2.36. The van der Waals surface area contributed by atoms with Crippen LogP contribution in [0.5, 0.6) is 5.75 Å². The van der Waals surface area contributed by atoms with Crippen molar-refractivity contribution in [3.8, 4) is 5.75 Å². The Kier molecular flexibility index (Phi) is 8.61. The van der Waals surface area contributed by atoms with Gasteiger partial charge >= 0.3 is 0 Å². The third kappa shape index (κ3) is 6.92. The van der Waals surface area contributed by atoms with Crippen molar-refractivity contribution in [3.63, 3.8) is 0 Å². The Balaban J connectivity index is 1.27. The number of hydrogen-bond acceptors (Lipinski definition) is 6. The quantitative estimate of drug-likeness (QED) is 0.398. The molecule has 2 atom stereocenters. The van der Waals surface area contributed by atoms with Gasteiger partial charge in [-0.3, -0.25) is 4.98 Å². The predicted octanol–water partition coefficient (Wildman–Crippen LogP) is 4.90. The smallest absolute Gasteiger partial charge is 0.209 e. The zero-order valence-electron chi connectivity index (χ0n) is 21.9. The van der Waals surface area contributed by atoms with E-state index in [-0.39, 0.29) is 18.2 Å². The van der Waals surface area contributed by atoms with Gasteiger partial charge in [0.1, 0.15) is 12.4 Å². The Labute approximate surface area is 226 Å². The predicted molar refractivity (Wildman–Crippen MR) is 150 cm³/mol. The van der Waals surface area contributed by atoms with Crippen molar-refractivity contribution in [3.05, 3.63) is 90.3 Å². The molecule has 202 valence electrons. The van der Waals surface area contributed by atoms with E-state index in [4.69, 9.17) is 9.47 Å². The first-order chi connectivity index (χ1) is 18.5. The summed E-state index contributed by atoms with van der Waals surface area (Å²) in [5.74, 6) is 1.32. The molecule has 8 heteroatoms. The molecule has 1 aromatic heterocycles. The van der Waals surface area contributed by atoms with E-state index in [1.54, 1.807) is 12.4 Å². The summed E-state index contributed by atoms with van der Waals surface area (Å²) in [6, 6.07) is 22.2. The molecular weight excluding hydrogens is 498 g/mol. The molecule has 0 bridgehead atoms. The summed E-state index contributed by atoms with van der Waals surface area (Å²) in [6.07, 6.45) is 9.85. The highest BCUT2D eigenvalue weighted by Gasteiger charge is 2.38. The minimum absolute atomic E-state index is 0.153. The largest absolute Gasteiger partial charge is 0.487 e. The Morgan fingerprint density at radius 3 is 2.37 bits per heavy atom. The number of nitrogens with zero attached hydrogens (tertiary/aromatic N) is 2. The maximum atomic E-state index is 12.2. The fourth-order valence-electron chi connectivity index (χ4n) is 5.74. The lowest BCUT2D eigenvalue weighted by molar-refractivity contribution is 0.0156. The monoisotopic (exact) mass is 535 g/mol. The van der Waals surface area contributed by atoms with Gasteiger partial charge in [0.05, 0.1) is 36.9 Å². The van der Waals surface area contributed by atoms with Crippen LogP contribution in [-0.2, 0) is 21.4 Å². The summed E-state index contributed by atoms with van der Waals surface area (Å²) >= 11 is 0. The molecule has 3 aromatic rings. The van der Waals surface area contributed by atoms with Gasteiger partial charge in [-0.05, 0) is 49.1 Å². The fraction of sp³-hybridized carbons (Fsp3) is 0.433. The van der Waals surface area contributed by atoms with Crippen LogP contribution in [0.2, 0.25) is 0 Å². The lowest BCUT2D eigenvalue weighted by Crippen LogP contribution is -2.48. The molecule has 7 nitrogen and oxygen atoms in total. The highest BCUT2D eigenvalue weighted by molar-refractivity contribution is 7.88. The van der Waals surface area contributed by atoms with Crippen LogP contribution in [0.4, 0.5) is 5.69 Å². The minimum Gasteiger partial charge on any atom is -0.487 e. The summed E-state index contributed by atoms with van der Waals surface area (Å²) in [5, 5.41) is 0. The molecule has 2 aliphatic rings. The van der Waals surface area contributed by atoms with Gasteiger partial charge in [-0.1, -0.05) is 60.7 Å². The molecule has 1 N–H and O–H groups in total. The molecular formula is C30H37N3O4S. The molecule has 2 fully saturated rings. The number of benzene rings is 2. The van der Waals surface area contributed by atoms with Crippen molar-refractivity contribution in [2.24, 2.45) is 0 Å². The first kappa shape index (κ1) is 26.7. The van der Waals surface area contributed by atoms with Crippen LogP contribution in [0.25, 0.3) is 0 Å². The number of ether oxygens (including phenoxy) is 2. The van der Waals surface area contributed by atoms with Gasteiger partial charge in [0, 0.05) is 24.8 Å². The molecule has 5 rings (SSSR count). The van der Waals surface area contributed by atoms with Gasteiger partial charge in [0.15, 0.2) is 0 Å².